The van der Waals surface area contributed by atoms with Gasteiger partial charge in [-0.05, 0) is 87.6 Å². The highest BCUT2D eigenvalue weighted by Crippen LogP contribution is 2.32. The Kier molecular flexibility index (Phi) is 15.8. The van der Waals surface area contributed by atoms with Gasteiger partial charge in [-0.25, -0.2) is 0 Å². The molecule has 4 rings (SSSR count). The first-order chi connectivity index (χ1) is 21.9. The molecule has 0 spiro atoms. The van der Waals surface area contributed by atoms with Crippen molar-refractivity contribution in [2.24, 2.45) is 11.8 Å². The second kappa shape index (κ2) is 19.7. The molecule has 8 unspecified atom stereocenters. The number of aliphatic hydroxyl groups is 2. The van der Waals surface area contributed by atoms with Crippen LogP contribution < -0.4 is 4.74 Å². The predicted octanol–water partition coefficient (Wildman–Crippen LogP) is 7.53. The lowest BCUT2D eigenvalue weighted by molar-refractivity contribution is 0.0635. The Hall–Kier alpha value is -1.86. The van der Waals surface area contributed by atoms with Crippen LogP contribution in [0.1, 0.15) is 110 Å². The summed E-state index contributed by atoms with van der Waals surface area (Å²) in [5, 5.41) is 20.5. The van der Waals surface area contributed by atoms with Crippen molar-refractivity contribution in [1.29, 1.82) is 0 Å². The zero-order valence-electron chi connectivity index (χ0n) is 28.8. The molecule has 0 saturated carbocycles. The number of allylic oxidation sites excluding steroid dienone is 3. The summed E-state index contributed by atoms with van der Waals surface area (Å²) in [4.78, 5) is 4.54. The van der Waals surface area contributed by atoms with Crippen molar-refractivity contribution in [1.82, 2.24) is 9.80 Å². The molecule has 8 atom stereocenters. The Morgan fingerprint density at radius 3 is 2.00 bits per heavy atom. The Morgan fingerprint density at radius 2 is 1.40 bits per heavy atom. The van der Waals surface area contributed by atoms with Crippen LogP contribution in [0.15, 0.2) is 48.3 Å². The summed E-state index contributed by atoms with van der Waals surface area (Å²) in [5.41, 5.74) is 1.33. The van der Waals surface area contributed by atoms with Gasteiger partial charge in [0, 0.05) is 38.3 Å². The van der Waals surface area contributed by atoms with E-state index in [9.17, 15) is 10.2 Å². The van der Waals surface area contributed by atoms with E-state index in [0.717, 1.165) is 43.4 Å². The number of hydrogen-bond donors (Lipinski definition) is 2. The molecular weight excluding hydrogens is 560 g/mol. The number of aliphatic hydroxyl groups excluding tert-OH is 2. The smallest absolute Gasteiger partial charge is 0.119 e. The summed E-state index contributed by atoms with van der Waals surface area (Å²) >= 11 is 0. The molecule has 254 valence electrons. The van der Waals surface area contributed by atoms with E-state index in [0.29, 0.717) is 44.3 Å². The lowest BCUT2D eigenvalue weighted by Crippen LogP contribution is -2.26. The summed E-state index contributed by atoms with van der Waals surface area (Å²) < 4.78 is 11.8. The molecule has 1 aromatic rings. The van der Waals surface area contributed by atoms with Crippen LogP contribution in [0, 0.1) is 11.8 Å². The van der Waals surface area contributed by atoms with Gasteiger partial charge in [-0.3, -0.25) is 9.80 Å². The Morgan fingerprint density at radius 1 is 0.800 bits per heavy atom. The Balaban J connectivity index is 1.10. The zero-order chi connectivity index (χ0) is 31.9. The molecule has 2 heterocycles. The van der Waals surface area contributed by atoms with E-state index in [1.54, 1.807) is 0 Å². The second-order valence-corrected chi connectivity index (χ2v) is 14.3. The standard InChI is InChI=1S/C39H64N2O4/c1-4-5-6-8-12-17-34(35-20-22-38(23-21-35)44-29-36(42)27-40-25-31(40)2)18-13-10-7-9-11-15-33-16-14-19-39(24-33)45-30-37(43)28-41-26-32(41)3/h14,16,19-20,22-24,31-32,34-37,42-43H,4-13,15,17-18,21,25-30H2,1-3H3. The highest BCUT2D eigenvalue weighted by Gasteiger charge is 2.31. The third-order valence-corrected chi connectivity index (χ3v) is 10.1. The minimum absolute atomic E-state index is 0.358. The number of nitrogens with zero attached hydrogens (tertiary/aromatic N) is 2. The Bertz CT molecular complexity index is 1030. The first-order valence-corrected chi connectivity index (χ1v) is 18.5. The number of ether oxygens (including phenoxy) is 2. The summed E-state index contributed by atoms with van der Waals surface area (Å²) in [5.74, 6) is 3.16. The molecule has 2 aliphatic heterocycles. The van der Waals surface area contributed by atoms with Gasteiger partial charge in [0.1, 0.15) is 36.9 Å². The SMILES string of the molecule is CCCCCCCC(CCCCCCCc1cccc(OCC(O)CN2CC2C)c1)C1C=CC(OCC(O)CN2CC2C)=CC1. The van der Waals surface area contributed by atoms with E-state index in [1.807, 2.05) is 6.07 Å². The molecule has 2 N–H and O–H groups in total. The molecule has 0 aromatic heterocycles. The van der Waals surface area contributed by atoms with Crippen LogP contribution in [0.2, 0.25) is 0 Å². The van der Waals surface area contributed by atoms with Gasteiger partial charge < -0.3 is 19.7 Å². The molecule has 3 aliphatic rings. The van der Waals surface area contributed by atoms with Gasteiger partial charge in [-0.15, -0.1) is 0 Å². The average molecular weight is 625 g/mol. The zero-order valence-corrected chi connectivity index (χ0v) is 28.8. The van der Waals surface area contributed by atoms with Gasteiger partial charge in [-0.2, -0.15) is 0 Å². The average Bonchev–Trinajstić information content (AvgIpc) is 3.94. The van der Waals surface area contributed by atoms with Crippen molar-refractivity contribution in [2.45, 2.75) is 135 Å². The number of unbranched alkanes of at least 4 members (excludes halogenated alkanes) is 8. The lowest BCUT2D eigenvalue weighted by atomic mass is 9.80. The fourth-order valence-corrected chi connectivity index (χ4v) is 6.84. The first kappa shape index (κ1) is 36.0. The molecule has 1 aromatic carbocycles. The van der Waals surface area contributed by atoms with Gasteiger partial charge in [0.2, 0.25) is 0 Å². The summed E-state index contributed by atoms with van der Waals surface area (Å²) in [6, 6.07) is 9.64. The van der Waals surface area contributed by atoms with Gasteiger partial charge in [0.15, 0.2) is 0 Å². The molecule has 6 nitrogen and oxygen atoms in total. The maximum Gasteiger partial charge on any atom is 0.119 e. The number of benzene rings is 1. The van der Waals surface area contributed by atoms with Crippen LogP contribution in [-0.2, 0) is 11.2 Å². The third kappa shape index (κ3) is 14.2. The third-order valence-electron chi connectivity index (χ3n) is 10.1. The van der Waals surface area contributed by atoms with Crippen molar-refractivity contribution in [3.8, 4) is 5.75 Å². The van der Waals surface area contributed by atoms with E-state index < -0.39 is 12.2 Å². The van der Waals surface area contributed by atoms with Crippen LogP contribution in [0.3, 0.4) is 0 Å². The van der Waals surface area contributed by atoms with E-state index in [2.05, 4.69) is 67.0 Å². The van der Waals surface area contributed by atoms with Crippen molar-refractivity contribution >= 4 is 0 Å². The van der Waals surface area contributed by atoms with Crippen molar-refractivity contribution in [3.05, 3.63) is 53.8 Å². The fraction of sp³-hybridized carbons (Fsp3) is 0.744. The molecule has 0 bridgehead atoms. The number of β-amino-alcohol motifs (C(OH)–C–C–N with tert-alkyl or cyclic N) is 2. The summed E-state index contributed by atoms with van der Waals surface area (Å²) in [7, 11) is 0. The lowest BCUT2D eigenvalue weighted by Gasteiger charge is -2.27. The maximum atomic E-state index is 10.3. The van der Waals surface area contributed by atoms with E-state index in [4.69, 9.17) is 9.47 Å². The number of hydrogen-bond acceptors (Lipinski definition) is 6. The topological polar surface area (TPSA) is 64.9 Å². The molecule has 1 aliphatic carbocycles. The second-order valence-electron chi connectivity index (χ2n) is 14.3. The first-order valence-electron chi connectivity index (χ1n) is 18.5. The largest absolute Gasteiger partial charge is 0.491 e. The number of aryl methyl sites for hydroxylation is 1. The highest BCUT2D eigenvalue weighted by molar-refractivity contribution is 5.28. The molecule has 2 fully saturated rings. The maximum absolute atomic E-state index is 10.3. The van der Waals surface area contributed by atoms with Gasteiger partial charge >= 0.3 is 0 Å². The van der Waals surface area contributed by atoms with Crippen molar-refractivity contribution in [2.75, 3.05) is 39.4 Å². The predicted molar refractivity (Wildman–Crippen MR) is 186 cm³/mol. The van der Waals surface area contributed by atoms with Crippen LogP contribution in [0.4, 0.5) is 0 Å². The monoisotopic (exact) mass is 624 g/mol. The van der Waals surface area contributed by atoms with Gasteiger partial charge in [0.05, 0.1) is 0 Å². The van der Waals surface area contributed by atoms with Gasteiger partial charge in [-0.1, -0.05) is 82.9 Å². The molecule has 45 heavy (non-hydrogen) atoms. The fourth-order valence-electron chi connectivity index (χ4n) is 6.84. The molecule has 0 amide bonds. The minimum Gasteiger partial charge on any atom is -0.491 e. The van der Waals surface area contributed by atoms with Crippen LogP contribution in [0.5, 0.6) is 5.75 Å². The molecular formula is C39H64N2O4. The van der Waals surface area contributed by atoms with Crippen molar-refractivity contribution < 1.29 is 19.7 Å². The summed E-state index contributed by atoms with van der Waals surface area (Å²) in [6.45, 7) is 11.0. The summed E-state index contributed by atoms with van der Waals surface area (Å²) in [6.07, 6.45) is 24.0. The van der Waals surface area contributed by atoms with Crippen molar-refractivity contribution in [3.63, 3.8) is 0 Å². The molecule has 0 radical (unpaired) electrons. The normalized spacial score (nSPS) is 25.8. The van der Waals surface area contributed by atoms with E-state index >= 15 is 0 Å². The molecule has 6 heteroatoms. The molecule has 2 saturated heterocycles. The van der Waals surface area contributed by atoms with Crippen LogP contribution in [-0.4, -0.2) is 83.7 Å². The number of rotatable bonds is 25. The van der Waals surface area contributed by atoms with E-state index in [1.165, 1.54) is 82.6 Å². The highest BCUT2D eigenvalue weighted by atomic mass is 16.5. The quantitative estimate of drug-likeness (QED) is 0.0866. The van der Waals surface area contributed by atoms with Crippen LogP contribution in [0.25, 0.3) is 0 Å². The van der Waals surface area contributed by atoms with E-state index in [-0.39, 0.29) is 0 Å². The minimum atomic E-state index is -0.430. The van der Waals surface area contributed by atoms with Gasteiger partial charge in [0.25, 0.3) is 0 Å². The Labute approximate surface area is 274 Å². The van der Waals surface area contributed by atoms with Crippen LogP contribution >= 0.6 is 0 Å².